The third kappa shape index (κ3) is 3.51. The molecule has 7 aromatic carbocycles. The first-order valence-electron chi connectivity index (χ1n) is 17.0. The quantitative estimate of drug-likeness (QED) is 0.196. The highest BCUT2D eigenvalue weighted by Crippen LogP contribution is 2.48. The zero-order valence-corrected chi connectivity index (χ0v) is 28.4. The summed E-state index contributed by atoms with van der Waals surface area (Å²) in [6.45, 7) is 0.104. The third-order valence-electron chi connectivity index (χ3n) is 10.9. The van der Waals surface area contributed by atoms with Crippen LogP contribution in [0, 0.1) is 0 Å². The van der Waals surface area contributed by atoms with Crippen LogP contribution in [0.5, 0.6) is 0 Å². The molecule has 3 aliphatic rings. The Balaban J connectivity index is 1.31. The molecule has 0 spiro atoms. The Hall–Kier alpha value is -5.62. The highest BCUT2D eigenvalue weighted by atomic mass is 32.1. The Bertz CT molecular complexity index is 2550. The first-order chi connectivity index (χ1) is 24.4. The molecule has 5 heteroatoms. The van der Waals surface area contributed by atoms with Crippen LogP contribution in [0.2, 0.25) is 0 Å². The molecule has 0 radical (unpaired) electrons. The summed E-state index contributed by atoms with van der Waals surface area (Å²) in [6, 6.07) is 66.1. The second kappa shape index (κ2) is 10.2. The Morgan fingerprint density at radius 3 is 1.78 bits per heavy atom. The number of thiophene rings is 1. The van der Waals surface area contributed by atoms with Crippen molar-refractivity contribution in [2.24, 2.45) is 0 Å². The lowest BCUT2D eigenvalue weighted by atomic mass is 9.33. The number of anilines is 6. The summed E-state index contributed by atoms with van der Waals surface area (Å²) in [5.74, 6) is 0. The summed E-state index contributed by atoms with van der Waals surface area (Å²) in [4.78, 5) is 5.14. The van der Waals surface area contributed by atoms with Crippen LogP contribution in [0.3, 0.4) is 0 Å². The molecule has 0 aliphatic carbocycles. The molecule has 0 atom stereocenters. The zero-order valence-electron chi connectivity index (χ0n) is 26.6. The van der Waals surface area contributed by atoms with Crippen molar-refractivity contribution in [3.8, 4) is 0 Å². The van der Waals surface area contributed by atoms with Crippen molar-refractivity contribution in [2.45, 2.75) is 0 Å². The molecule has 0 saturated carbocycles. The summed E-state index contributed by atoms with van der Waals surface area (Å²) in [5, 5.41) is 8.41. The molecule has 3 aliphatic heterocycles. The molecule has 4 heterocycles. The smallest absolute Gasteiger partial charge is 0.254 e. The van der Waals surface area contributed by atoms with E-state index < -0.39 is 8.07 Å². The van der Waals surface area contributed by atoms with Gasteiger partial charge in [-0.05, 0) is 78.9 Å². The van der Waals surface area contributed by atoms with Crippen molar-refractivity contribution >= 4 is 107 Å². The van der Waals surface area contributed by atoms with Crippen molar-refractivity contribution in [1.29, 1.82) is 0 Å². The number of fused-ring (bicyclic) bond motifs is 8. The van der Waals surface area contributed by atoms with Crippen molar-refractivity contribution in [3.05, 3.63) is 176 Å². The summed E-state index contributed by atoms with van der Waals surface area (Å²) in [6.07, 6.45) is 0. The molecule has 2 nitrogen and oxygen atoms in total. The minimum absolute atomic E-state index is 0.104. The fraction of sp³-hybridized carbons (Fsp3) is 0. The lowest BCUT2D eigenvalue weighted by molar-refractivity contribution is 1.27. The molecule has 1 aromatic heterocycles. The molecule has 49 heavy (non-hydrogen) atoms. The molecule has 8 aromatic rings. The average Bonchev–Trinajstić information content (AvgIpc) is 3.56. The molecule has 11 rings (SSSR count). The van der Waals surface area contributed by atoms with Crippen molar-refractivity contribution in [2.75, 3.05) is 9.80 Å². The first kappa shape index (κ1) is 27.3. The second-order valence-corrected chi connectivity index (χ2v) is 18.0. The Morgan fingerprint density at radius 2 is 1.02 bits per heavy atom. The molecular formula is C44H29BN2SSi. The summed E-state index contributed by atoms with van der Waals surface area (Å²) < 4.78 is 1.33. The van der Waals surface area contributed by atoms with Crippen molar-refractivity contribution < 1.29 is 0 Å². The van der Waals surface area contributed by atoms with E-state index in [9.17, 15) is 0 Å². The van der Waals surface area contributed by atoms with E-state index in [1.807, 2.05) is 11.3 Å². The normalized spacial score (nSPS) is 14.6. The largest absolute Gasteiger partial charge is 0.312 e. The molecule has 0 fully saturated rings. The fourth-order valence-corrected chi connectivity index (χ4v) is 15.5. The predicted octanol–water partition coefficient (Wildman–Crippen LogP) is 6.67. The lowest BCUT2D eigenvalue weighted by Gasteiger charge is -2.50. The van der Waals surface area contributed by atoms with Gasteiger partial charge in [-0.25, -0.2) is 0 Å². The number of benzene rings is 7. The molecule has 0 saturated heterocycles. The van der Waals surface area contributed by atoms with Gasteiger partial charge in [-0.15, -0.1) is 11.3 Å². The minimum atomic E-state index is -2.74. The second-order valence-electron chi connectivity index (χ2n) is 13.2. The van der Waals surface area contributed by atoms with Gasteiger partial charge in [0.2, 0.25) is 0 Å². The van der Waals surface area contributed by atoms with E-state index in [1.165, 1.54) is 80.7 Å². The molecular weight excluding hydrogens is 627 g/mol. The topological polar surface area (TPSA) is 6.48 Å². The Labute approximate surface area is 291 Å². The van der Waals surface area contributed by atoms with Gasteiger partial charge >= 0.3 is 0 Å². The van der Waals surface area contributed by atoms with Crippen LogP contribution in [-0.4, -0.2) is 14.8 Å². The molecule has 0 N–H and O–H groups in total. The number of rotatable bonds is 3. The molecule has 0 bridgehead atoms. The maximum absolute atomic E-state index is 2.74. The van der Waals surface area contributed by atoms with Crippen LogP contribution in [0.4, 0.5) is 33.4 Å². The number of nitrogens with zero attached hydrogens (tertiary/aromatic N) is 2. The molecule has 228 valence electrons. The summed E-state index contributed by atoms with van der Waals surface area (Å²) in [5.41, 5.74) is 10.6. The zero-order chi connectivity index (χ0) is 32.1. The number of hydrogen-bond acceptors (Lipinski definition) is 3. The lowest BCUT2D eigenvalue weighted by Crippen LogP contribution is -2.79. The van der Waals surface area contributed by atoms with Gasteiger partial charge in [0.25, 0.3) is 6.71 Å². The SMILES string of the molecule is c1ccc(N2c3cccc4c3B(c3cccc5c3N4c3ccccc3[Si]5(c3ccccc3)c3ccccc3)c3c2sc2ccccc32)cc1. The van der Waals surface area contributed by atoms with Crippen molar-refractivity contribution in [3.63, 3.8) is 0 Å². The maximum Gasteiger partial charge on any atom is 0.254 e. The number of para-hydroxylation sites is 3. The van der Waals surface area contributed by atoms with E-state index in [0.29, 0.717) is 0 Å². The van der Waals surface area contributed by atoms with Gasteiger partial charge in [0.1, 0.15) is 0 Å². The van der Waals surface area contributed by atoms with Gasteiger partial charge in [-0.2, -0.15) is 0 Å². The van der Waals surface area contributed by atoms with Gasteiger partial charge in [0, 0.05) is 33.1 Å². The van der Waals surface area contributed by atoms with E-state index in [2.05, 4.69) is 186 Å². The van der Waals surface area contributed by atoms with E-state index >= 15 is 0 Å². The Morgan fingerprint density at radius 1 is 0.449 bits per heavy atom. The first-order valence-corrected chi connectivity index (χ1v) is 19.8. The van der Waals surface area contributed by atoms with Crippen LogP contribution in [0.15, 0.2) is 176 Å². The average molecular weight is 657 g/mol. The summed E-state index contributed by atoms with van der Waals surface area (Å²) >= 11 is 1.92. The standard InChI is InChI=1S/C44H29BN2SSi/c1-4-16-30(17-5-1)46-36-25-15-26-37-42(36)45(41-33-22-10-12-27-38(33)48-44(41)46)34-23-14-29-40-43(34)47(37)35-24-11-13-28-39(35)49(40,31-18-6-2-7-19-31)32-20-8-3-9-21-32/h1-29H. The van der Waals surface area contributed by atoms with E-state index in [4.69, 9.17) is 0 Å². The third-order valence-corrected chi connectivity index (χ3v) is 16.9. The van der Waals surface area contributed by atoms with Gasteiger partial charge in [0.05, 0.1) is 5.00 Å². The monoisotopic (exact) mass is 656 g/mol. The van der Waals surface area contributed by atoms with Gasteiger partial charge in [-0.1, -0.05) is 140 Å². The van der Waals surface area contributed by atoms with Crippen LogP contribution in [-0.2, 0) is 0 Å². The van der Waals surface area contributed by atoms with E-state index in [-0.39, 0.29) is 6.71 Å². The molecule has 0 unspecified atom stereocenters. The Kier molecular flexibility index (Phi) is 5.69. The highest BCUT2D eigenvalue weighted by molar-refractivity contribution is 7.27. The number of hydrogen-bond donors (Lipinski definition) is 0. The van der Waals surface area contributed by atoms with E-state index in [0.717, 1.165) is 0 Å². The van der Waals surface area contributed by atoms with Crippen LogP contribution < -0.4 is 46.9 Å². The van der Waals surface area contributed by atoms with Crippen LogP contribution >= 0.6 is 11.3 Å². The van der Waals surface area contributed by atoms with Crippen LogP contribution in [0.1, 0.15) is 0 Å². The predicted molar refractivity (Wildman–Crippen MR) is 213 cm³/mol. The summed E-state index contributed by atoms with van der Waals surface area (Å²) in [7, 11) is -2.74. The minimum Gasteiger partial charge on any atom is -0.312 e. The fourth-order valence-electron chi connectivity index (χ4n) is 9.14. The van der Waals surface area contributed by atoms with Crippen molar-refractivity contribution in [1.82, 2.24) is 0 Å². The van der Waals surface area contributed by atoms with Gasteiger partial charge in [0.15, 0.2) is 8.07 Å². The maximum atomic E-state index is 2.62. The van der Waals surface area contributed by atoms with E-state index in [1.54, 1.807) is 0 Å². The van der Waals surface area contributed by atoms with Crippen LogP contribution in [0.25, 0.3) is 10.1 Å². The molecule has 0 amide bonds. The van der Waals surface area contributed by atoms with Gasteiger partial charge in [-0.3, -0.25) is 0 Å². The van der Waals surface area contributed by atoms with Gasteiger partial charge < -0.3 is 9.80 Å². The highest BCUT2D eigenvalue weighted by Gasteiger charge is 2.53.